The average molecular weight is 316 g/mol. The molecule has 0 aromatic heterocycles. The number of aryl methyl sites for hydroxylation is 1. The number of hydrogen-bond donors (Lipinski definition) is 2. The first kappa shape index (κ1) is 17.9. The van der Waals surface area contributed by atoms with Crippen molar-refractivity contribution >= 4 is 15.7 Å². The van der Waals surface area contributed by atoms with Gasteiger partial charge >= 0.3 is 0 Å². The number of sulfonamides is 1. The molecule has 6 heteroatoms. The van der Waals surface area contributed by atoms with Crippen LogP contribution >= 0.6 is 0 Å². The molecule has 0 bridgehead atoms. The lowest BCUT2D eigenvalue weighted by molar-refractivity contribution is 0.445. The maximum absolute atomic E-state index is 13.5. The van der Waals surface area contributed by atoms with Crippen LogP contribution in [0.25, 0.3) is 0 Å². The quantitative estimate of drug-likeness (QED) is 0.792. The zero-order valence-electron chi connectivity index (χ0n) is 13.3. The fourth-order valence-electron chi connectivity index (χ4n) is 2.49. The van der Waals surface area contributed by atoms with Gasteiger partial charge < -0.3 is 5.73 Å². The van der Waals surface area contributed by atoms with Crippen LogP contribution in [0.5, 0.6) is 0 Å². The molecule has 1 aromatic carbocycles. The molecule has 0 fully saturated rings. The van der Waals surface area contributed by atoms with Crippen LogP contribution in [0.4, 0.5) is 10.1 Å². The zero-order chi connectivity index (χ0) is 16.4. The topological polar surface area (TPSA) is 72.2 Å². The highest BCUT2D eigenvalue weighted by molar-refractivity contribution is 7.89. The summed E-state index contributed by atoms with van der Waals surface area (Å²) in [6.07, 6.45) is 1.75. The Morgan fingerprint density at radius 3 is 2.43 bits per heavy atom. The average Bonchev–Trinajstić information content (AvgIpc) is 2.34. The molecule has 0 aliphatic heterocycles. The standard InChI is InChI=1S/C15H25FN2O2S/c1-6-9(2)7-11(4)18-21(19,20)15-10(3)8-13(16)14(17)12(15)5/h8-9,11,18H,6-7,17H2,1-5H3. The molecule has 2 atom stereocenters. The summed E-state index contributed by atoms with van der Waals surface area (Å²) in [6.45, 7) is 9.09. The van der Waals surface area contributed by atoms with E-state index >= 15 is 0 Å². The second-order valence-corrected chi connectivity index (χ2v) is 7.47. The number of nitrogen functional groups attached to an aromatic ring is 1. The highest BCUT2D eigenvalue weighted by Gasteiger charge is 2.24. The molecule has 0 radical (unpaired) electrons. The molecule has 4 nitrogen and oxygen atoms in total. The summed E-state index contributed by atoms with van der Waals surface area (Å²) >= 11 is 0. The van der Waals surface area contributed by atoms with Crippen molar-refractivity contribution in [1.29, 1.82) is 0 Å². The lowest BCUT2D eigenvalue weighted by Gasteiger charge is -2.20. The first-order chi connectivity index (χ1) is 9.60. The van der Waals surface area contributed by atoms with Crippen LogP contribution in [0.1, 0.15) is 44.7 Å². The molecule has 0 aliphatic carbocycles. The number of nitrogens with two attached hydrogens (primary N) is 1. The number of benzene rings is 1. The molecule has 21 heavy (non-hydrogen) atoms. The summed E-state index contributed by atoms with van der Waals surface area (Å²) in [4.78, 5) is 0.0809. The fraction of sp³-hybridized carbons (Fsp3) is 0.600. The van der Waals surface area contributed by atoms with E-state index in [1.807, 2.05) is 6.92 Å². The Labute approximate surface area is 127 Å². The molecule has 0 saturated heterocycles. The Morgan fingerprint density at radius 2 is 1.90 bits per heavy atom. The first-order valence-corrected chi connectivity index (χ1v) is 8.65. The molecule has 0 spiro atoms. The lowest BCUT2D eigenvalue weighted by atomic mass is 10.0. The van der Waals surface area contributed by atoms with Crippen molar-refractivity contribution in [2.45, 2.75) is 58.4 Å². The molecule has 120 valence electrons. The van der Waals surface area contributed by atoms with E-state index < -0.39 is 15.8 Å². The SMILES string of the molecule is CCC(C)CC(C)NS(=O)(=O)c1c(C)cc(F)c(N)c1C. The van der Waals surface area contributed by atoms with E-state index in [2.05, 4.69) is 18.6 Å². The zero-order valence-corrected chi connectivity index (χ0v) is 14.1. The van der Waals surface area contributed by atoms with E-state index in [1.54, 1.807) is 6.92 Å². The highest BCUT2D eigenvalue weighted by Crippen LogP contribution is 2.27. The Morgan fingerprint density at radius 1 is 1.33 bits per heavy atom. The largest absolute Gasteiger partial charge is 0.396 e. The van der Waals surface area contributed by atoms with Crippen molar-refractivity contribution in [3.8, 4) is 0 Å². The van der Waals surface area contributed by atoms with Crippen LogP contribution in [-0.2, 0) is 10.0 Å². The summed E-state index contributed by atoms with van der Waals surface area (Å²) in [5.41, 5.74) is 6.12. The minimum Gasteiger partial charge on any atom is -0.396 e. The van der Waals surface area contributed by atoms with Gasteiger partial charge in [-0.2, -0.15) is 0 Å². The summed E-state index contributed by atoms with van der Waals surface area (Å²) in [7, 11) is -3.71. The monoisotopic (exact) mass is 316 g/mol. The van der Waals surface area contributed by atoms with Crippen LogP contribution in [0.2, 0.25) is 0 Å². The molecular formula is C15H25FN2O2S. The van der Waals surface area contributed by atoms with E-state index in [9.17, 15) is 12.8 Å². The van der Waals surface area contributed by atoms with Crippen molar-refractivity contribution in [2.75, 3.05) is 5.73 Å². The number of hydrogen-bond acceptors (Lipinski definition) is 3. The van der Waals surface area contributed by atoms with Gasteiger partial charge in [-0.15, -0.1) is 0 Å². The maximum atomic E-state index is 13.5. The Balaban J connectivity index is 3.12. The predicted molar refractivity (Wildman–Crippen MR) is 84.1 cm³/mol. The van der Waals surface area contributed by atoms with Gasteiger partial charge in [-0.25, -0.2) is 17.5 Å². The van der Waals surface area contributed by atoms with Crippen LogP contribution < -0.4 is 10.5 Å². The number of nitrogens with one attached hydrogen (secondary N) is 1. The number of halogens is 1. The molecule has 0 heterocycles. The van der Waals surface area contributed by atoms with Crippen LogP contribution in [0.3, 0.4) is 0 Å². The predicted octanol–water partition coefficient (Wildman–Crippen LogP) is 3.13. The van der Waals surface area contributed by atoms with Crippen LogP contribution in [0, 0.1) is 25.6 Å². The third-order valence-electron chi connectivity index (χ3n) is 3.78. The molecule has 0 amide bonds. The van der Waals surface area contributed by atoms with E-state index in [0.717, 1.165) is 18.9 Å². The fourth-order valence-corrected chi connectivity index (χ4v) is 4.23. The normalized spacial score (nSPS) is 15.0. The summed E-state index contributed by atoms with van der Waals surface area (Å²) < 4.78 is 41.3. The molecular weight excluding hydrogens is 291 g/mol. The number of rotatable bonds is 6. The first-order valence-electron chi connectivity index (χ1n) is 7.17. The molecule has 0 saturated carbocycles. The number of anilines is 1. The lowest BCUT2D eigenvalue weighted by Crippen LogP contribution is -2.34. The van der Waals surface area contributed by atoms with Crippen molar-refractivity contribution in [2.24, 2.45) is 5.92 Å². The van der Waals surface area contributed by atoms with Crippen LogP contribution in [0.15, 0.2) is 11.0 Å². The van der Waals surface area contributed by atoms with Gasteiger partial charge in [-0.1, -0.05) is 20.3 Å². The van der Waals surface area contributed by atoms with Gasteiger partial charge in [0, 0.05) is 6.04 Å². The molecule has 2 unspecified atom stereocenters. The molecule has 1 rings (SSSR count). The van der Waals surface area contributed by atoms with Crippen molar-refractivity contribution in [3.63, 3.8) is 0 Å². The van der Waals surface area contributed by atoms with E-state index in [1.165, 1.54) is 6.92 Å². The van der Waals surface area contributed by atoms with E-state index in [-0.39, 0.29) is 22.2 Å². The van der Waals surface area contributed by atoms with Gasteiger partial charge in [0.25, 0.3) is 0 Å². The molecule has 1 aromatic rings. The third kappa shape index (κ3) is 4.17. The van der Waals surface area contributed by atoms with Gasteiger partial charge in [0.05, 0.1) is 10.6 Å². The molecule has 0 aliphatic rings. The summed E-state index contributed by atoms with van der Waals surface area (Å²) in [5.74, 6) is -0.153. The second kappa shape index (κ2) is 6.75. The van der Waals surface area contributed by atoms with Crippen molar-refractivity contribution < 1.29 is 12.8 Å². The summed E-state index contributed by atoms with van der Waals surface area (Å²) in [5, 5.41) is 0. The Kier molecular flexibility index (Phi) is 5.75. The minimum atomic E-state index is -3.71. The van der Waals surface area contributed by atoms with Gasteiger partial charge in [0.2, 0.25) is 10.0 Å². The van der Waals surface area contributed by atoms with E-state index in [0.29, 0.717) is 11.5 Å². The van der Waals surface area contributed by atoms with Gasteiger partial charge in [0.1, 0.15) is 5.82 Å². The van der Waals surface area contributed by atoms with Crippen molar-refractivity contribution in [3.05, 3.63) is 23.0 Å². The molecule has 3 N–H and O–H groups in total. The van der Waals surface area contributed by atoms with Gasteiger partial charge in [-0.05, 0) is 50.3 Å². The minimum absolute atomic E-state index is 0.0809. The van der Waals surface area contributed by atoms with E-state index in [4.69, 9.17) is 5.73 Å². The second-order valence-electron chi connectivity index (χ2n) is 5.81. The van der Waals surface area contributed by atoms with Gasteiger partial charge in [0.15, 0.2) is 0 Å². The highest BCUT2D eigenvalue weighted by atomic mass is 32.2. The summed E-state index contributed by atoms with van der Waals surface area (Å²) in [6, 6.07) is 0.978. The third-order valence-corrected chi connectivity index (χ3v) is 5.66. The van der Waals surface area contributed by atoms with Crippen molar-refractivity contribution in [1.82, 2.24) is 4.72 Å². The van der Waals surface area contributed by atoms with Crippen LogP contribution in [-0.4, -0.2) is 14.5 Å². The Bertz CT molecular complexity index is 615. The van der Waals surface area contributed by atoms with Gasteiger partial charge in [-0.3, -0.25) is 0 Å². The maximum Gasteiger partial charge on any atom is 0.241 e. The Hall–Kier alpha value is -1.14. The smallest absolute Gasteiger partial charge is 0.241 e.